The molecule has 8 heteroatoms. The zero-order chi connectivity index (χ0) is 19.5. The summed E-state index contributed by atoms with van der Waals surface area (Å²) in [6.45, 7) is 5.16. The first-order valence-corrected chi connectivity index (χ1v) is 8.26. The van der Waals surface area contributed by atoms with Gasteiger partial charge in [-0.1, -0.05) is 11.6 Å². The maximum Gasteiger partial charge on any atom is 0.244 e. The van der Waals surface area contributed by atoms with Crippen molar-refractivity contribution in [3.05, 3.63) is 52.6 Å². The molecule has 0 atom stereocenters. The summed E-state index contributed by atoms with van der Waals surface area (Å²) in [5, 5.41) is 7.24. The number of primary amides is 1. The van der Waals surface area contributed by atoms with E-state index in [0.29, 0.717) is 22.1 Å². The molecule has 0 bridgehead atoms. The number of hydrogen-bond donors (Lipinski definition) is 2. The zero-order valence-corrected chi connectivity index (χ0v) is 15.5. The molecule has 2 amide bonds. The summed E-state index contributed by atoms with van der Waals surface area (Å²) in [6.07, 6.45) is 2.85. The van der Waals surface area contributed by atoms with Crippen LogP contribution >= 0.6 is 11.6 Å². The van der Waals surface area contributed by atoms with Crippen LogP contribution < -0.4 is 11.1 Å². The molecule has 1 aromatic heterocycles. The van der Waals surface area contributed by atoms with Gasteiger partial charge in [0.15, 0.2) is 0 Å². The molecule has 26 heavy (non-hydrogen) atoms. The summed E-state index contributed by atoms with van der Waals surface area (Å²) >= 11 is 6.34. The lowest BCUT2D eigenvalue weighted by molar-refractivity contribution is -0.126. The standard InChI is InChI=1S/C18H20ClFN4O2/c1-11-14(8-9-15(25)22-10-18(2,3)17(21)26)16(19)24(23-11)13-6-4-12(20)5-7-13/h4-9H,10H2,1-3H3,(H2,21,26)(H,22,25). The van der Waals surface area contributed by atoms with E-state index in [1.807, 2.05) is 0 Å². The third-order valence-electron chi connectivity index (χ3n) is 3.89. The maximum absolute atomic E-state index is 13.1. The lowest BCUT2D eigenvalue weighted by Crippen LogP contribution is -2.41. The Kier molecular flexibility index (Phi) is 5.82. The molecule has 0 aliphatic carbocycles. The topological polar surface area (TPSA) is 90.0 Å². The van der Waals surface area contributed by atoms with Crippen LogP contribution in [0.3, 0.4) is 0 Å². The van der Waals surface area contributed by atoms with Gasteiger partial charge in [-0.3, -0.25) is 9.59 Å². The van der Waals surface area contributed by atoms with E-state index in [1.165, 1.54) is 29.0 Å². The second kappa shape index (κ2) is 7.70. The molecule has 0 radical (unpaired) electrons. The number of aryl methyl sites for hydroxylation is 1. The minimum atomic E-state index is -0.843. The molecule has 3 N–H and O–H groups in total. The van der Waals surface area contributed by atoms with Gasteiger partial charge in [-0.25, -0.2) is 9.07 Å². The molecule has 0 fully saturated rings. The molecule has 0 spiro atoms. The third-order valence-corrected chi connectivity index (χ3v) is 4.26. The summed E-state index contributed by atoms with van der Waals surface area (Å²) in [5.74, 6) is -1.24. The Morgan fingerprint density at radius 2 is 1.96 bits per heavy atom. The zero-order valence-electron chi connectivity index (χ0n) is 14.7. The first-order valence-electron chi connectivity index (χ1n) is 7.88. The van der Waals surface area contributed by atoms with E-state index in [1.54, 1.807) is 32.9 Å². The molecule has 2 aromatic rings. The molecule has 0 aliphatic rings. The predicted molar refractivity (Wildman–Crippen MR) is 98.3 cm³/mol. The molecule has 1 aromatic carbocycles. The van der Waals surface area contributed by atoms with Gasteiger partial charge in [0.1, 0.15) is 11.0 Å². The highest BCUT2D eigenvalue weighted by Crippen LogP contribution is 2.24. The second-order valence-corrected chi connectivity index (χ2v) is 6.84. The highest BCUT2D eigenvalue weighted by Gasteiger charge is 2.25. The first kappa shape index (κ1) is 19.7. The van der Waals surface area contributed by atoms with Crippen molar-refractivity contribution in [1.29, 1.82) is 0 Å². The lowest BCUT2D eigenvalue weighted by Gasteiger charge is -2.19. The highest BCUT2D eigenvalue weighted by molar-refractivity contribution is 6.31. The van der Waals surface area contributed by atoms with Crippen molar-refractivity contribution in [3.8, 4) is 5.69 Å². The second-order valence-electron chi connectivity index (χ2n) is 6.48. The fourth-order valence-corrected chi connectivity index (χ4v) is 2.40. The molecule has 0 aliphatic heterocycles. The fraction of sp³-hybridized carbons (Fsp3) is 0.278. The summed E-state index contributed by atoms with van der Waals surface area (Å²) in [6, 6.07) is 5.73. The normalized spacial score (nSPS) is 11.7. The van der Waals surface area contributed by atoms with Crippen molar-refractivity contribution in [3.63, 3.8) is 0 Å². The van der Waals surface area contributed by atoms with Crippen molar-refractivity contribution in [1.82, 2.24) is 15.1 Å². The largest absolute Gasteiger partial charge is 0.369 e. The number of hydrogen-bond acceptors (Lipinski definition) is 3. The molecule has 1 heterocycles. The first-order chi connectivity index (χ1) is 12.1. The van der Waals surface area contributed by atoms with Crippen molar-refractivity contribution in [2.75, 3.05) is 6.54 Å². The van der Waals surface area contributed by atoms with Gasteiger partial charge >= 0.3 is 0 Å². The average molecular weight is 379 g/mol. The molecule has 0 saturated heterocycles. The molecule has 2 rings (SSSR count). The van der Waals surface area contributed by atoms with E-state index in [-0.39, 0.29) is 18.3 Å². The SMILES string of the molecule is Cc1nn(-c2ccc(F)cc2)c(Cl)c1C=CC(=O)NCC(C)(C)C(N)=O. The van der Waals surface area contributed by atoms with Crippen LogP contribution in [0.4, 0.5) is 4.39 Å². The number of nitrogens with two attached hydrogens (primary N) is 1. The van der Waals surface area contributed by atoms with E-state index >= 15 is 0 Å². The summed E-state index contributed by atoms with van der Waals surface area (Å²) in [7, 11) is 0. The monoisotopic (exact) mass is 378 g/mol. The van der Waals surface area contributed by atoms with Crippen molar-refractivity contribution in [2.24, 2.45) is 11.1 Å². The van der Waals surface area contributed by atoms with Crippen LogP contribution in [0.15, 0.2) is 30.3 Å². The van der Waals surface area contributed by atoms with E-state index in [2.05, 4.69) is 10.4 Å². The van der Waals surface area contributed by atoms with Crippen molar-refractivity contribution < 1.29 is 14.0 Å². The number of carbonyl (C=O) groups excluding carboxylic acids is 2. The molecule has 138 valence electrons. The van der Waals surface area contributed by atoms with Gasteiger partial charge < -0.3 is 11.1 Å². The van der Waals surface area contributed by atoms with E-state index in [4.69, 9.17) is 17.3 Å². The quantitative estimate of drug-likeness (QED) is 0.757. The number of aromatic nitrogens is 2. The molecular weight excluding hydrogens is 359 g/mol. The Morgan fingerprint density at radius 3 is 2.54 bits per heavy atom. The number of nitrogens with one attached hydrogen (secondary N) is 1. The number of carbonyl (C=O) groups is 2. The Bertz CT molecular complexity index is 857. The highest BCUT2D eigenvalue weighted by atomic mass is 35.5. The summed E-state index contributed by atoms with van der Waals surface area (Å²) in [5.41, 5.74) is 6.21. The number of benzene rings is 1. The minimum Gasteiger partial charge on any atom is -0.369 e. The van der Waals surface area contributed by atoms with Gasteiger partial charge in [-0.15, -0.1) is 0 Å². The Hall–Kier alpha value is -2.67. The number of nitrogens with zero attached hydrogens (tertiary/aromatic N) is 2. The van der Waals surface area contributed by atoms with Gasteiger partial charge in [0.05, 0.1) is 16.8 Å². The minimum absolute atomic E-state index is 0.118. The summed E-state index contributed by atoms with van der Waals surface area (Å²) < 4.78 is 14.5. The third kappa shape index (κ3) is 4.49. The van der Waals surface area contributed by atoms with Crippen LogP contribution in [0.5, 0.6) is 0 Å². The lowest BCUT2D eigenvalue weighted by atomic mass is 9.93. The van der Waals surface area contributed by atoms with Gasteiger partial charge in [0, 0.05) is 18.2 Å². The summed E-state index contributed by atoms with van der Waals surface area (Å²) in [4.78, 5) is 23.2. The Labute approximate surface area is 155 Å². The van der Waals surface area contributed by atoms with Crippen LogP contribution in [0, 0.1) is 18.2 Å². The van der Waals surface area contributed by atoms with Gasteiger partial charge in [0.2, 0.25) is 11.8 Å². The van der Waals surface area contributed by atoms with Crippen molar-refractivity contribution in [2.45, 2.75) is 20.8 Å². The van der Waals surface area contributed by atoms with Gasteiger partial charge in [-0.2, -0.15) is 5.10 Å². The van der Waals surface area contributed by atoms with Gasteiger partial charge in [0.25, 0.3) is 0 Å². The van der Waals surface area contributed by atoms with Crippen LogP contribution in [-0.4, -0.2) is 28.1 Å². The van der Waals surface area contributed by atoms with E-state index in [0.717, 1.165) is 0 Å². The average Bonchev–Trinajstić information content (AvgIpc) is 2.86. The smallest absolute Gasteiger partial charge is 0.244 e. The van der Waals surface area contributed by atoms with Gasteiger partial charge in [-0.05, 0) is 51.1 Å². The molecule has 6 nitrogen and oxygen atoms in total. The molecule has 0 saturated carbocycles. The van der Waals surface area contributed by atoms with Crippen LogP contribution in [0.25, 0.3) is 11.8 Å². The number of rotatable bonds is 6. The van der Waals surface area contributed by atoms with Crippen LogP contribution in [0.1, 0.15) is 25.1 Å². The Morgan fingerprint density at radius 1 is 1.35 bits per heavy atom. The van der Waals surface area contributed by atoms with Crippen LogP contribution in [0.2, 0.25) is 5.15 Å². The molecular formula is C18H20ClFN4O2. The molecule has 0 unspecified atom stereocenters. The number of amides is 2. The Balaban J connectivity index is 2.14. The van der Waals surface area contributed by atoms with Crippen molar-refractivity contribution >= 4 is 29.5 Å². The van der Waals surface area contributed by atoms with Crippen LogP contribution in [-0.2, 0) is 9.59 Å². The fourth-order valence-electron chi connectivity index (χ4n) is 2.07. The van der Waals surface area contributed by atoms with E-state index in [9.17, 15) is 14.0 Å². The van der Waals surface area contributed by atoms with E-state index < -0.39 is 11.3 Å². The predicted octanol–water partition coefficient (Wildman–Crippen LogP) is 2.61. The number of halogens is 2. The maximum atomic E-state index is 13.1.